The first kappa shape index (κ1) is 7.80. The third-order valence-electron chi connectivity index (χ3n) is 4.29. The molecule has 3 aliphatic rings. The predicted molar refractivity (Wildman–Crippen MR) is 48.0 cm³/mol. The van der Waals surface area contributed by atoms with E-state index < -0.39 is 5.79 Å². The Kier molecular flexibility index (Phi) is 1.07. The summed E-state index contributed by atoms with van der Waals surface area (Å²) in [6, 6.07) is 0. The van der Waals surface area contributed by atoms with Crippen molar-refractivity contribution in [3.63, 3.8) is 0 Å². The molecule has 2 saturated carbocycles. The van der Waals surface area contributed by atoms with Crippen LogP contribution in [0.2, 0.25) is 0 Å². The van der Waals surface area contributed by atoms with Crippen molar-refractivity contribution in [2.45, 2.75) is 33.0 Å². The molecule has 0 bridgehead atoms. The highest BCUT2D eigenvalue weighted by Crippen LogP contribution is 2.72. The fraction of sp³-hybridized carbons (Fsp3) is 0.900. The molecule has 0 amide bonds. The number of rotatable bonds is 0. The minimum Gasteiger partial charge on any atom is -0.360 e. The van der Waals surface area contributed by atoms with E-state index in [1.807, 2.05) is 6.92 Å². The van der Waals surface area contributed by atoms with Gasteiger partial charge in [-0.25, -0.2) is 0 Å². The van der Waals surface area contributed by atoms with Crippen molar-refractivity contribution in [2.24, 2.45) is 28.3 Å². The van der Waals surface area contributed by atoms with E-state index in [9.17, 15) is 5.11 Å². The average molecular weight is 181 g/mol. The lowest BCUT2D eigenvalue weighted by atomic mass is 9.86. The maximum absolute atomic E-state index is 10.1. The zero-order chi connectivity index (χ0) is 9.43. The Morgan fingerprint density at radius 3 is 2.92 bits per heavy atom. The second kappa shape index (κ2) is 1.78. The van der Waals surface area contributed by atoms with Crippen molar-refractivity contribution in [1.82, 2.24) is 0 Å². The number of nitrogens with zero attached hydrogens (tertiary/aromatic N) is 1. The number of oxime groups is 1. The van der Waals surface area contributed by atoms with Crippen LogP contribution in [0.1, 0.15) is 27.2 Å². The molecule has 72 valence electrons. The standard InChI is InChI=1S/C10H15NO2/c1-5-7-8-6(9(8,2)3)4-10(7,12)13-11-5/h6-8,12H,4H2,1-3H3/t6-,7+,8-,10+/m0/s1. The van der Waals surface area contributed by atoms with Gasteiger partial charge in [0.05, 0.1) is 11.6 Å². The van der Waals surface area contributed by atoms with Gasteiger partial charge in [-0.15, -0.1) is 0 Å². The van der Waals surface area contributed by atoms with E-state index in [-0.39, 0.29) is 5.92 Å². The second-order valence-electron chi connectivity index (χ2n) is 5.30. The zero-order valence-corrected chi connectivity index (χ0v) is 8.24. The first-order valence-corrected chi connectivity index (χ1v) is 4.92. The van der Waals surface area contributed by atoms with Crippen molar-refractivity contribution >= 4 is 5.71 Å². The van der Waals surface area contributed by atoms with E-state index in [0.717, 1.165) is 12.1 Å². The van der Waals surface area contributed by atoms with Crippen molar-refractivity contribution < 1.29 is 9.94 Å². The Morgan fingerprint density at radius 2 is 2.23 bits per heavy atom. The SMILES string of the molecule is CC1=NO[C@]2(O)C[C@H]3[C@@H]([C@@H]12)C3(C)C. The van der Waals surface area contributed by atoms with Gasteiger partial charge in [-0.2, -0.15) is 0 Å². The number of fused-ring (bicyclic) bond motifs is 3. The summed E-state index contributed by atoms with van der Waals surface area (Å²) in [7, 11) is 0. The van der Waals surface area contributed by atoms with E-state index >= 15 is 0 Å². The molecular weight excluding hydrogens is 166 g/mol. The predicted octanol–water partition coefficient (Wildman–Crippen LogP) is 1.37. The third kappa shape index (κ3) is 0.688. The van der Waals surface area contributed by atoms with Gasteiger partial charge in [-0.3, -0.25) is 0 Å². The molecule has 0 aromatic heterocycles. The summed E-state index contributed by atoms with van der Waals surface area (Å²) >= 11 is 0. The van der Waals surface area contributed by atoms with Crippen LogP contribution in [0.15, 0.2) is 5.16 Å². The van der Waals surface area contributed by atoms with Gasteiger partial charge in [0.1, 0.15) is 0 Å². The molecule has 0 aromatic carbocycles. The van der Waals surface area contributed by atoms with Crippen LogP contribution >= 0.6 is 0 Å². The molecular formula is C10H15NO2. The van der Waals surface area contributed by atoms with Gasteiger partial charge in [0.15, 0.2) is 0 Å². The number of hydrogen-bond donors (Lipinski definition) is 1. The quantitative estimate of drug-likeness (QED) is 0.613. The van der Waals surface area contributed by atoms with Gasteiger partial charge in [0.2, 0.25) is 5.79 Å². The smallest absolute Gasteiger partial charge is 0.243 e. The van der Waals surface area contributed by atoms with Gasteiger partial charge < -0.3 is 9.94 Å². The molecule has 1 aliphatic heterocycles. The second-order valence-corrected chi connectivity index (χ2v) is 5.30. The Labute approximate surface area is 77.8 Å². The lowest BCUT2D eigenvalue weighted by molar-refractivity contribution is -0.208. The summed E-state index contributed by atoms with van der Waals surface area (Å²) in [6.45, 7) is 6.50. The van der Waals surface area contributed by atoms with Crippen LogP contribution in [0.25, 0.3) is 0 Å². The van der Waals surface area contributed by atoms with Crippen LogP contribution < -0.4 is 0 Å². The average Bonchev–Trinajstić information content (AvgIpc) is 2.44. The van der Waals surface area contributed by atoms with Crippen molar-refractivity contribution in [2.75, 3.05) is 0 Å². The molecule has 2 fully saturated rings. The molecule has 0 unspecified atom stereocenters. The zero-order valence-electron chi connectivity index (χ0n) is 8.24. The molecule has 4 atom stereocenters. The molecule has 0 spiro atoms. The molecule has 0 radical (unpaired) electrons. The normalized spacial score (nSPS) is 55.1. The topological polar surface area (TPSA) is 41.8 Å². The molecule has 13 heavy (non-hydrogen) atoms. The van der Waals surface area contributed by atoms with E-state index in [4.69, 9.17) is 4.84 Å². The van der Waals surface area contributed by atoms with Gasteiger partial charge in [-0.1, -0.05) is 19.0 Å². The molecule has 3 nitrogen and oxygen atoms in total. The lowest BCUT2D eigenvalue weighted by Gasteiger charge is -2.26. The van der Waals surface area contributed by atoms with Crippen LogP contribution in [-0.2, 0) is 4.84 Å². The van der Waals surface area contributed by atoms with E-state index in [2.05, 4.69) is 19.0 Å². The van der Waals surface area contributed by atoms with Crippen LogP contribution in [0.3, 0.4) is 0 Å². The molecule has 0 saturated heterocycles. The lowest BCUT2D eigenvalue weighted by Crippen LogP contribution is -2.38. The van der Waals surface area contributed by atoms with Gasteiger partial charge in [-0.05, 0) is 24.2 Å². The highest BCUT2D eigenvalue weighted by Gasteiger charge is 2.75. The highest BCUT2D eigenvalue weighted by atomic mass is 16.7. The Morgan fingerprint density at radius 1 is 1.54 bits per heavy atom. The summed E-state index contributed by atoms with van der Waals surface area (Å²) < 4.78 is 0. The van der Waals surface area contributed by atoms with Crippen molar-refractivity contribution in [1.29, 1.82) is 0 Å². The van der Waals surface area contributed by atoms with Gasteiger partial charge >= 0.3 is 0 Å². The summed E-state index contributed by atoms with van der Waals surface area (Å²) in [6.07, 6.45) is 0.760. The van der Waals surface area contributed by atoms with Gasteiger partial charge in [0, 0.05) is 6.42 Å². The molecule has 0 aromatic rings. The minimum absolute atomic E-state index is 0.160. The maximum atomic E-state index is 10.1. The Hall–Kier alpha value is -0.570. The fourth-order valence-electron chi connectivity index (χ4n) is 3.45. The summed E-state index contributed by atoms with van der Waals surface area (Å²) in [5.74, 6) is 0.429. The van der Waals surface area contributed by atoms with E-state index in [1.165, 1.54) is 0 Å². The monoisotopic (exact) mass is 181 g/mol. The Bertz CT molecular complexity index is 310. The largest absolute Gasteiger partial charge is 0.360 e. The summed E-state index contributed by atoms with van der Waals surface area (Å²) in [4.78, 5) is 5.11. The highest BCUT2D eigenvalue weighted by molar-refractivity contribution is 5.87. The molecule has 1 N–H and O–H groups in total. The number of aliphatic hydroxyl groups is 1. The van der Waals surface area contributed by atoms with E-state index in [0.29, 0.717) is 17.3 Å². The summed E-state index contributed by atoms with van der Waals surface area (Å²) in [5.41, 5.74) is 1.36. The third-order valence-corrected chi connectivity index (χ3v) is 4.29. The molecule has 2 aliphatic carbocycles. The van der Waals surface area contributed by atoms with Crippen LogP contribution in [0, 0.1) is 23.2 Å². The fourth-order valence-corrected chi connectivity index (χ4v) is 3.45. The van der Waals surface area contributed by atoms with Crippen molar-refractivity contribution in [3.8, 4) is 0 Å². The summed E-state index contributed by atoms with van der Waals surface area (Å²) in [5, 5.41) is 14.0. The number of hydrogen-bond acceptors (Lipinski definition) is 3. The maximum Gasteiger partial charge on any atom is 0.243 e. The molecule has 1 heterocycles. The first-order valence-electron chi connectivity index (χ1n) is 4.92. The van der Waals surface area contributed by atoms with Crippen molar-refractivity contribution in [3.05, 3.63) is 0 Å². The minimum atomic E-state index is -0.949. The molecule has 3 heteroatoms. The Balaban J connectivity index is 1.98. The van der Waals surface area contributed by atoms with E-state index in [1.54, 1.807) is 0 Å². The molecule has 3 rings (SSSR count). The van der Waals surface area contributed by atoms with Gasteiger partial charge in [0.25, 0.3) is 0 Å². The first-order chi connectivity index (χ1) is 5.97. The van der Waals surface area contributed by atoms with Crippen LogP contribution in [0.4, 0.5) is 0 Å². The van der Waals surface area contributed by atoms with Crippen LogP contribution in [0.5, 0.6) is 0 Å². The van der Waals surface area contributed by atoms with Crippen LogP contribution in [-0.4, -0.2) is 16.6 Å².